The zero-order valence-corrected chi connectivity index (χ0v) is 15.6. The van der Waals surface area contributed by atoms with Crippen molar-refractivity contribution in [3.63, 3.8) is 0 Å². The summed E-state index contributed by atoms with van der Waals surface area (Å²) in [5.41, 5.74) is 14.1. The first kappa shape index (κ1) is 18.3. The molecule has 0 spiro atoms. The van der Waals surface area contributed by atoms with E-state index in [4.69, 9.17) is 11.5 Å². The fourth-order valence-corrected chi connectivity index (χ4v) is 3.92. The van der Waals surface area contributed by atoms with Crippen molar-refractivity contribution in [2.45, 2.75) is 37.6 Å². The lowest BCUT2D eigenvalue weighted by atomic mass is 10.1. The van der Waals surface area contributed by atoms with Crippen LogP contribution in [0.4, 0.5) is 5.82 Å². The van der Waals surface area contributed by atoms with Crippen molar-refractivity contribution in [2.24, 2.45) is 5.73 Å². The lowest BCUT2D eigenvalue weighted by Gasteiger charge is -2.29. The molecule has 9 nitrogen and oxygen atoms in total. The molecule has 2 aromatic heterocycles. The van der Waals surface area contributed by atoms with E-state index in [1.54, 1.807) is 30.4 Å². The largest absolute Gasteiger partial charge is 0.389 e. The summed E-state index contributed by atoms with van der Waals surface area (Å²) in [6.07, 6.45) is 3.64. The maximum atomic E-state index is 12.9. The molecule has 0 radical (unpaired) electrons. The number of likely N-dealkylation sites (N-methyl/N-ethyl adjacent to an activating group) is 1. The molecule has 9 heteroatoms. The van der Waals surface area contributed by atoms with Gasteiger partial charge in [-0.15, -0.1) is 0 Å². The molecule has 4 rings (SSSR count). The number of amides is 1. The van der Waals surface area contributed by atoms with Gasteiger partial charge in [-0.3, -0.25) is 4.79 Å². The highest BCUT2D eigenvalue weighted by atomic mass is 16.3. The molecule has 0 aliphatic heterocycles. The molecule has 0 bridgehead atoms. The van der Waals surface area contributed by atoms with Crippen LogP contribution in [0.1, 0.15) is 34.8 Å². The van der Waals surface area contributed by atoms with E-state index < -0.39 is 6.10 Å². The molecule has 2 heterocycles. The van der Waals surface area contributed by atoms with E-state index in [2.05, 4.69) is 15.0 Å². The number of nitrogens with two attached hydrogens (primary N) is 2. The zero-order chi connectivity index (χ0) is 19.8. The molecule has 146 valence electrons. The minimum absolute atomic E-state index is 0.129. The molecule has 3 atom stereocenters. The second-order valence-electron chi connectivity index (χ2n) is 7.10. The smallest absolute Gasteiger partial charge is 0.253 e. The summed E-state index contributed by atoms with van der Waals surface area (Å²) in [6, 6.07) is 6.68. The number of nitrogen functional groups attached to an aromatic ring is 1. The number of fused-ring (bicyclic) bond motifs is 1. The van der Waals surface area contributed by atoms with Crippen LogP contribution in [0, 0.1) is 0 Å². The van der Waals surface area contributed by atoms with Crippen molar-refractivity contribution in [3.05, 3.63) is 48.0 Å². The Labute approximate surface area is 162 Å². The number of nitrogens with zero attached hydrogens (tertiary/aromatic N) is 5. The van der Waals surface area contributed by atoms with Gasteiger partial charge in [0.15, 0.2) is 11.5 Å². The van der Waals surface area contributed by atoms with E-state index >= 15 is 0 Å². The van der Waals surface area contributed by atoms with Crippen LogP contribution >= 0.6 is 0 Å². The van der Waals surface area contributed by atoms with Crippen molar-refractivity contribution in [3.8, 4) is 0 Å². The van der Waals surface area contributed by atoms with Gasteiger partial charge in [-0.2, -0.15) is 0 Å². The number of hydrogen-bond donors (Lipinski definition) is 3. The van der Waals surface area contributed by atoms with Crippen LogP contribution in [0.3, 0.4) is 0 Å². The van der Waals surface area contributed by atoms with E-state index in [0.29, 0.717) is 41.9 Å². The van der Waals surface area contributed by atoms with Crippen LogP contribution < -0.4 is 11.5 Å². The van der Waals surface area contributed by atoms with Crippen LogP contribution in [-0.4, -0.2) is 54.6 Å². The van der Waals surface area contributed by atoms with Crippen LogP contribution in [0.5, 0.6) is 0 Å². The number of carbonyl (C=O) groups is 1. The molecule has 5 N–H and O–H groups in total. The van der Waals surface area contributed by atoms with Gasteiger partial charge in [0.25, 0.3) is 5.91 Å². The monoisotopic (exact) mass is 381 g/mol. The Kier molecular flexibility index (Phi) is 4.70. The number of benzene rings is 1. The quantitative estimate of drug-likeness (QED) is 0.605. The number of aromatic nitrogens is 4. The van der Waals surface area contributed by atoms with Crippen LogP contribution in [0.15, 0.2) is 36.9 Å². The van der Waals surface area contributed by atoms with Gasteiger partial charge in [0.05, 0.1) is 24.5 Å². The van der Waals surface area contributed by atoms with Crippen molar-refractivity contribution >= 4 is 22.9 Å². The van der Waals surface area contributed by atoms with Crippen LogP contribution in [-0.2, 0) is 6.54 Å². The number of aliphatic hydroxyl groups excluding tert-OH is 1. The highest BCUT2D eigenvalue weighted by Gasteiger charge is 2.40. The van der Waals surface area contributed by atoms with Crippen molar-refractivity contribution < 1.29 is 9.90 Å². The van der Waals surface area contributed by atoms with Gasteiger partial charge >= 0.3 is 0 Å². The number of rotatable bonds is 4. The van der Waals surface area contributed by atoms with Gasteiger partial charge in [0, 0.05) is 19.2 Å². The third-order valence-electron chi connectivity index (χ3n) is 5.55. The standard InChI is InChI=1S/C19H23N7O2/c1-25(19(28)12-4-2-11(8-20)3-5-12)13-6-7-14(16(13)27)26-10-24-15-17(21)22-9-23-18(15)26/h2-5,9-10,13-14,16,27H,6-8,20H2,1H3,(H2,21,22,23)/t13-,14-,16-/m0/s1. The molecule has 1 amide bonds. The summed E-state index contributed by atoms with van der Waals surface area (Å²) in [7, 11) is 1.72. The summed E-state index contributed by atoms with van der Waals surface area (Å²) in [5.74, 6) is 0.177. The Morgan fingerprint density at radius 2 is 2.00 bits per heavy atom. The Morgan fingerprint density at radius 3 is 2.71 bits per heavy atom. The Morgan fingerprint density at radius 1 is 1.25 bits per heavy atom. The number of imidazole rings is 1. The topological polar surface area (TPSA) is 136 Å². The SMILES string of the molecule is CN(C(=O)c1ccc(CN)cc1)[C@H]1CC[C@H](n2cnc3c(N)ncnc32)[C@H]1O. The summed E-state index contributed by atoms with van der Waals surface area (Å²) in [6.45, 7) is 0.431. The lowest BCUT2D eigenvalue weighted by molar-refractivity contribution is 0.0447. The molecular weight excluding hydrogens is 358 g/mol. The van der Waals surface area contributed by atoms with E-state index in [1.165, 1.54) is 6.33 Å². The molecule has 28 heavy (non-hydrogen) atoms. The molecule has 1 saturated carbocycles. The predicted molar refractivity (Wildman–Crippen MR) is 104 cm³/mol. The molecule has 0 unspecified atom stereocenters. The van der Waals surface area contributed by atoms with Gasteiger partial charge in [0.1, 0.15) is 11.8 Å². The van der Waals surface area contributed by atoms with Gasteiger partial charge in [0.2, 0.25) is 0 Å². The highest BCUT2D eigenvalue weighted by molar-refractivity contribution is 5.94. The minimum atomic E-state index is -0.745. The first-order chi connectivity index (χ1) is 13.5. The third kappa shape index (κ3) is 2.98. The second kappa shape index (κ2) is 7.17. The number of hydrogen-bond acceptors (Lipinski definition) is 7. The van der Waals surface area contributed by atoms with E-state index in [9.17, 15) is 9.90 Å². The zero-order valence-electron chi connectivity index (χ0n) is 15.6. The fourth-order valence-electron chi connectivity index (χ4n) is 3.92. The molecule has 1 aliphatic carbocycles. The predicted octanol–water partition coefficient (Wildman–Crippen LogP) is 0.704. The molecule has 1 fully saturated rings. The summed E-state index contributed by atoms with van der Waals surface area (Å²) in [5, 5.41) is 11.0. The number of carbonyl (C=O) groups excluding carboxylic acids is 1. The first-order valence-corrected chi connectivity index (χ1v) is 9.18. The normalized spacial score (nSPS) is 21.9. The van der Waals surface area contributed by atoms with Crippen LogP contribution in [0.2, 0.25) is 0 Å². The summed E-state index contributed by atoms with van der Waals surface area (Å²) < 4.78 is 1.83. The second-order valence-corrected chi connectivity index (χ2v) is 7.10. The summed E-state index contributed by atoms with van der Waals surface area (Å²) in [4.78, 5) is 27.0. The van der Waals surface area contributed by atoms with Gasteiger partial charge in [-0.05, 0) is 30.5 Å². The molecule has 1 aliphatic rings. The highest BCUT2D eigenvalue weighted by Crippen LogP contribution is 2.35. The molecule has 1 aromatic carbocycles. The van der Waals surface area contributed by atoms with E-state index in [0.717, 1.165) is 5.56 Å². The number of aliphatic hydroxyl groups is 1. The lowest BCUT2D eigenvalue weighted by Crippen LogP contribution is -2.43. The van der Waals surface area contributed by atoms with E-state index in [1.807, 2.05) is 16.7 Å². The third-order valence-corrected chi connectivity index (χ3v) is 5.55. The van der Waals surface area contributed by atoms with Crippen LogP contribution in [0.25, 0.3) is 11.2 Å². The van der Waals surface area contributed by atoms with Crippen molar-refractivity contribution in [1.29, 1.82) is 0 Å². The molecule has 3 aromatic rings. The minimum Gasteiger partial charge on any atom is -0.389 e. The maximum absolute atomic E-state index is 12.9. The maximum Gasteiger partial charge on any atom is 0.253 e. The average Bonchev–Trinajstić information content (AvgIpc) is 3.31. The molecule has 0 saturated heterocycles. The van der Waals surface area contributed by atoms with Gasteiger partial charge < -0.3 is 26.0 Å². The Bertz CT molecular complexity index is 1000. The summed E-state index contributed by atoms with van der Waals surface area (Å²) >= 11 is 0. The average molecular weight is 381 g/mol. The van der Waals surface area contributed by atoms with Crippen molar-refractivity contribution in [2.75, 3.05) is 12.8 Å². The first-order valence-electron chi connectivity index (χ1n) is 9.18. The molecular formula is C19H23N7O2. The fraction of sp³-hybridized carbons (Fsp3) is 0.368. The Balaban J connectivity index is 1.55. The Hall–Kier alpha value is -3.04. The number of anilines is 1. The van der Waals surface area contributed by atoms with E-state index in [-0.39, 0.29) is 18.0 Å². The van der Waals surface area contributed by atoms with Crippen molar-refractivity contribution in [1.82, 2.24) is 24.4 Å². The van der Waals surface area contributed by atoms with Gasteiger partial charge in [-0.1, -0.05) is 12.1 Å². The van der Waals surface area contributed by atoms with Gasteiger partial charge in [-0.25, -0.2) is 15.0 Å².